The van der Waals surface area contributed by atoms with Crippen LogP contribution in [0.4, 0.5) is 0 Å². The summed E-state index contributed by atoms with van der Waals surface area (Å²) in [4.78, 5) is 0. The molecule has 0 saturated heterocycles. The molecule has 2 nitrogen and oxygen atoms in total. The number of rotatable bonds is 4. The minimum atomic E-state index is -0.613. The van der Waals surface area contributed by atoms with Gasteiger partial charge in [-0.3, -0.25) is 0 Å². The van der Waals surface area contributed by atoms with Gasteiger partial charge in [0.15, 0.2) is 0 Å². The molecule has 2 unspecified atom stereocenters. The molecule has 2 rings (SSSR count). The zero-order valence-electron chi connectivity index (χ0n) is 11.2. The van der Waals surface area contributed by atoms with Crippen LogP contribution in [0.3, 0.4) is 0 Å². The third kappa shape index (κ3) is 2.15. The van der Waals surface area contributed by atoms with E-state index in [-0.39, 0.29) is 5.92 Å². The fourth-order valence-corrected chi connectivity index (χ4v) is 3.16. The van der Waals surface area contributed by atoms with E-state index in [1.54, 1.807) is 0 Å². The molecule has 18 heavy (non-hydrogen) atoms. The van der Waals surface area contributed by atoms with Crippen molar-refractivity contribution in [2.45, 2.75) is 45.6 Å². The zero-order valence-corrected chi connectivity index (χ0v) is 11.2. The van der Waals surface area contributed by atoms with Gasteiger partial charge in [-0.05, 0) is 36.3 Å². The maximum absolute atomic E-state index is 10.5. The molecule has 0 amide bonds. The maximum atomic E-state index is 10.5. The largest absolute Gasteiger partial charge is 0.391 e. The highest BCUT2D eigenvalue weighted by Gasteiger charge is 2.45. The molecule has 0 aromatic heterocycles. The van der Waals surface area contributed by atoms with Gasteiger partial charge in [-0.15, -0.1) is 0 Å². The van der Waals surface area contributed by atoms with E-state index in [4.69, 9.17) is 0 Å². The van der Waals surface area contributed by atoms with E-state index in [0.29, 0.717) is 12.8 Å². The summed E-state index contributed by atoms with van der Waals surface area (Å²) in [7, 11) is 0. The summed E-state index contributed by atoms with van der Waals surface area (Å²) in [5, 5.41) is 20.1. The third-order valence-corrected chi connectivity index (χ3v) is 4.20. The summed E-state index contributed by atoms with van der Waals surface area (Å²) >= 11 is 0. The quantitative estimate of drug-likeness (QED) is 0.883. The Morgan fingerprint density at radius 3 is 2.33 bits per heavy atom. The van der Waals surface area contributed by atoms with Crippen molar-refractivity contribution >= 4 is 0 Å². The van der Waals surface area contributed by atoms with Gasteiger partial charge in [0, 0.05) is 0 Å². The van der Waals surface area contributed by atoms with Crippen LogP contribution in [0.15, 0.2) is 24.3 Å². The number of benzene rings is 1. The Bertz CT molecular complexity index is 435. The number of nitriles is 1. The lowest BCUT2D eigenvalue weighted by Gasteiger charge is -2.31. The van der Waals surface area contributed by atoms with E-state index in [2.05, 4.69) is 32.0 Å². The highest BCUT2D eigenvalue weighted by atomic mass is 16.3. The van der Waals surface area contributed by atoms with Crippen molar-refractivity contribution in [2.75, 3.05) is 0 Å². The second kappa shape index (κ2) is 5.12. The van der Waals surface area contributed by atoms with Gasteiger partial charge in [0.05, 0.1) is 17.6 Å². The summed E-state index contributed by atoms with van der Waals surface area (Å²) in [5.74, 6) is 0.184. The molecule has 0 heterocycles. The lowest BCUT2D eigenvalue weighted by Crippen LogP contribution is -2.39. The predicted molar refractivity (Wildman–Crippen MR) is 72.0 cm³/mol. The van der Waals surface area contributed by atoms with Crippen LogP contribution >= 0.6 is 0 Å². The van der Waals surface area contributed by atoms with E-state index in [9.17, 15) is 10.4 Å². The second-order valence-corrected chi connectivity index (χ2v) is 5.60. The van der Waals surface area contributed by atoms with E-state index < -0.39 is 11.5 Å². The topological polar surface area (TPSA) is 44.0 Å². The molecule has 1 aliphatic rings. The summed E-state index contributed by atoms with van der Waals surface area (Å²) in [6.07, 6.45) is 2.87. The number of aliphatic hydroxyl groups excluding tert-OH is 1. The van der Waals surface area contributed by atoms with Gasteiger partial charge in [-0.25, -0.2) is 0 Å². The van der Waals surface area contributed by atoms with Gasteiger partial charge in [0.25, 0.3) is 0 Å². The number of aliphatic hydroxyl groups is 1. The van der Waals surface area contributed by atoms with Crippen LogP contribution in [0, 0.1) is 22.7 Å². The molecule has 0 aliphatic heterocycles. The summed E-state index contributed by atoms with van der Waals surface area (Å²) in [6, 6.07) is 10.6. The van der Waals surface area contributed by atoms with Crippen LogP contribution in [0.2, 0.25) is 0 Å². The number of hydrogen-bond donors (Lipinski definition) is 1. The molecular formula is C16H21NO. The SMILES string of the molecule is CCCC(C)C(O)C1(C#N)Cc2ccccc2C1. The maximum Gasteiger partial charge on any atom is 0.0915 e. The number of fused-ring (bicyclic) bond motifs is 1. The standard InChI is InChI=1S/C16H21NO/c1-3-6-12(2)15(18)16(11-17)9-13-7-4-5-8-14(13)10-16/h4-5,7-8,12,15,18H,3,6,9-10H2,1-2H3. The number of hydrogen-bond acceptors (Lipinski definition) is 2. The molecule has 2 atom stereocenters. The smallest absolute Gasteiger partial charge is 0.0915 e. The van der Waals surface area contributed by atoms with Crippen molar-refractivity contribution in [1.82, 2.24) is 0 Å². The van der Waals surface area contributed by atoms with Gasteiger partial charge in [-0.2, -0.15) is 5.26 Å². The first-order chi connectivity index (χ1) is 8.63. The van der Waals surface area contributed by atoms with Crippen molar-refractivity contribution in [1.29, 1.82) is 5.26 Å². The van der Waals surface area contributed by atoms with E-state index in [1.165, 1.54) is 11.1 Å². The van der Waals surface area contributed by atoms with E-state index in [0.717, 1.165) is 12.8 Å². The minimum Gasteiger partial charge on any atom is -0.391 e. The lowest BCUT2D eigenvalue weighted by molar-refractivity contribution is 0.0208. The van der Waals surface area contributed by atoms with Gasteiger partial charge >= 0.3 is 0 Å². The molecule has 1 N–H and O–H groups in total. The Morgan fingerprint density at radius 1 is 1.33 bits per heavy atom. The molecule has 0 spiro atoms. The van der Waals surface area contributed by atoms with Crippen molar-refractivity contribution < 1.29 is 5.11 Å². The molecular weight excluding hydrogens is 222 g/mol. The second-order valence-electron chi connectivity index (χ2n) is 5.60. The van der Waals surface area contributed by atoms with Crippen LogP contribution in [0.5, 0.6) is 0 Å². The van der Waals surface area contributed by atoms with E-state index in [1.807, 2.05) is 12.1 Å². The highest BCUT2D eigenvalue weighted by molar-refractivity contribution is 5.38. The molecule has 96 valence electrons. The highest BCUT2D eigenvalue weighted by Crippen LogP contribution is 2.42. The van der Waals surface area contributed by atoms with Crippen LogP contribution in [0.1, 0.15) is 37.8 Å². The molecule has 1 aliphatic carbocycles. The number of nitrogens with zero attached hydrogens (tertiary/aromatic N) is 1. The van der Waals surface area contributed by atoms with E-state index >= 15 is 0 Å². The van der Waals surface area contributed by atoms with Gasteiger partial charge < -0.3 is 5.11 Å². The normalized spacial score (nSPS) is 19.9. The zero-order chi connectivity index (χ0) is 13.2. The summed E-state index contributed by atoms with van der Waals surface area (Å²) < 4.78 is 0. The Hall–Kier alpha value is -1.33. The van der Waals surface area contributed by atoms with Gasteiger partial charge in [0.1, 0.15) is 0 Å². The average molecular weight is 243 g/mol. The first-order valence-electron chi connectivity index (χ1n) is 6.79. The Labute approximate surface area is 109 Å². The molecule has 0 saturated carbocycles. The van der Waals surface area contributed by atoms with Crippen LogP contribution in [-0.2, 0) is 12.8 Å². The van der Waals surface area contributed by atoms with Gasteiger partial charge in [-0.1, -0.05) is 44.5 Å². The fourth-order valence-electron chi connectivity index (χ4n) is 3.16. The summed E-state index contributed by atoms with van der Waals surface area (Å²) in [6.45, 7) is 4.17. The molecule has 0 fully saturated rings. The molecule has 2 heteroatoms. The monoisotopic (exact) mass is 243 g/mol. The lowest BCUT2D eigenvalue weighted by atomic mass is 9.74. The van der Waals surface area contributed by atoms with Crippen molar-refractivity contribution in [3.8, 4) is 6.07 Å². The summed E-state index contributed by atoms with van der Waals surface area (Å²) in [5.41, 5.74) is 1.83. The Morgan fingerprint density at radius 2 is 1.89 bits per heavy atom. The minimum absolute atomic E-state index is 0.184. The predicted octanol–water partition coefficient (Wildman–Crippen LogP) is 3.09. The first kappa shape index (κ1) is 13.1. The van der Waals surface area contributed by atoms with Crippen molar-refractivity contribution in [3.05, 3.63) is 35.4 Å². The van der Waals surface area contributed by atoms with Crippen LogP contribution < -0.4 is 0 Å². The molecule has 1 aromatic rings. The molecule has 0 bridgehead atoms. The third-order valence-electron chi connectivity index (χ3n) is 4.20. The van der Waals surface area contributed by atoms with Crippen molar-refractivity contribution in [2.24, 2.45) is 11.3 Å². The Balaban J connectivity index is 2.23. The van der Waals surface area contributed by atoms with Crippen LogP contribution in [-0.4, -0.2) is 11.2 Å². The molecule has 1 aromatic carbocycles. The first-order valence-corrected chi connectivity index (χ1v) is 6.79. The molecule has 0 radical (unpaired) electrons. The van der Waals surface area contributed by atoms with Gasteiger partial charge in [0.2, 0.25) is 0 Å². The fraction of sp³-hybridized carbons (Fsp3) is 0.562. The van der Waals surface area contributed by atoms with Crippen LogP contribution in [0.25, 0.3) is 0 Å². The van der Waals surface area contributed by atoms with Crippen molar-refractivity contribution in [3.63, 3.8) is 0 Å². The average Bonchev–Trinajstić information content (AvgIpc) is 2.77. The Kier molecular flexibility index (Phi) is 3.73.